The van der Waals surface area contributed by atoms with E-state index in [9.17, 15) is 9.59 Å². The Balaban J connectivity index is 1.19. The monoisotopic (exact) mass is 432 g/mol. The molecule has 1 amide bonds. The van der Waals surface area contributed by atoms with Crippen molar-refractivity contribution in [2.45, 2.75) is 26.3 Å². The van der Waals surface area contributed by atoms with Gasteiger partial charge in [-0.15, -0.1) is 0 Å². The molecule has 2 saturated heterocycles. The summed E-state index contributed by atoms with van der Waals surface area (Å²) in [7, 11) is 0. The number of aromatic amines is 1. The second-order valence-electron chi connectivity index (χ2n) is 8.56. The number of likely N-dealkylation sites (tertiary alicyclic amines) is 1. The summed E-state index contributed by atoms with van der Waals surface area (Å²) in [6.45, 7) is 8.12. The minimum atomic E-state index is -0.0289. The maximum Gasteiger partial charge on any atom is 0.272 e. The average Bonchev–Trinajstić information content (AvgIpc) is 2.78. The molecule has 2 fully saturated rings. The van der Waals surface area contributed by atoms with E-state index in [0.29, 0.717) is 12.1 Å². The second kappa shape index (κ2) is 8.70. The van der Waals surface area contributed by atoms with E-state index in [4.69, 9.17) is 0 Å². The van der Waals surface area contributed by atoms with Gasteiger partial charge in [0.1, 0.15) is 5.69 Å². The number of nitrogens with one attached hydrogen (secondary N) is 1. The average molecular weight is 433 g/mol. The molecule has 8 heteroatoms. The van der Waals surface area contributed by atoms with Crippen molar-refractivity contribution in [1.29, 1.82) is 0 Å². The Kier molecular flexibility index (Phi) is 5.61. The maximum atomic E-state index is 12.3. The third kappa shape index (κ3) is 4.10. The van der Waals surface area contributed by atoms with Crippen LogP contribution >= 0.6 is 0 Å². The number of aryl methyl sites for hydroxylation is 1. The van der Waals surface area contributed by atoms with Gasteiger partial charge in [-0.1, -0.05) is 6.92 Å². The number of aromatic nitrogens is 3. The fraction of sp³-hybridized carbons (Fsp3) is 0.417. The van der Waals surface area contributed by atoms with Crippen LogP contribution in [0.15, 0.2) is 41.5 Å². The third-order valence-corrected chi connectivity index (χ3v) is 6.46. The molecule has 3 aromatic heterocycles. The zero-order valence-corrected chi connectivity index (χ0v) is 18.4. The van der Waals surface area contributed by atoms with Gasteiger partial charge >= 0.3 is 0 Å². The molecule has 1 N–H and O–H groups in total. The number of anilines is 1. The largest absolute Gasteiger partial charge is 0.368 e. The molecule has 0 spiro atoms. The summed E-state index contributed by atoms with van der Waals surface area (Å²) < 4.78 is 0. The number of hydrogen-bond acceptors (Lipinski definition) is 6. The van der Waals surface area contributed by atoms with Gasteiger partial charge in [-0.2, -0.15) is 0 Å². The van der Waals surface area contributed by atoms with E-state index in [-0.39, 0.29) is 11.5 Å². The molecule has 5 rings (SSSR count). The Morgan fingerprint density at radius 1 is 1.03 bits per heavy atom. The molecule has 2 aliphatic heterocycles. The molecule has 0 atom stereocenters. The first-order valence-corrected chi connectivity index (χ1v) is 11.3. The van der Waals surface area contributed by atoms with Crippen LogP contribution in [-0.4, -0.2) is 69.9 Å². The topological polar surface area (TPSA) is 85.4 Å². The van der Waals surface area contributed by atoms with Crippen LogP contribution in [-0.2, 0) is 13.0 Å². The number of hydrogen-bond donors (Lipinski definition) is 1. The number of nitrogens with zero attached hydrogens (tertiary/aromatic N) is 5. The van der Waals surface area contributed by atoms with E-state index in [2.05, 4.69) is 24.8 Å². The van der Waals surface area contributed by atoms with Crippen molar-refractivity contribution in [3.63, 3.8) is 0 Å². The fourth-order valence-electron chi connectivity index (χ4n) is 4.32. The Bertz CT molecular complexity index is 1180. The van der Waals surface area contributed by atoms with Gasteiger partial charge in [0.05, 0.1) is 22.9 Å². The fourth-order valence-corrected chi connectivity index (χ4v) is 4.32. The summed E-state index contributed by atoms with van der Waals surface area (Å²) in [5.41, 5.74) is 5.05. The highest BCUT2D eigenvalue weighted by molar-refractivity contribution is 5.93. The summed E-state index contributed by atoms with van der Waals surface area (Å²) in [4.78, 5) is 42.9. The molecular weight excluding hydrogens is 404 g/mol. The van der Waals surface area contributed by atoms with Crippen LogP contribution in [0, 0.1) is 0 Å². The number of fused-ring (bicyclic) bond motifs is 1. The molecular formula is C24H28N6O2. The Morgan fingerprint density at radius 3 is 2.50 bits per heavy atom. The molecule has 0 unspecified atom stereocenters. The summed E-state index contributed by atoms with van der Waals surface area (Å²) in [6, 6.07) is 7.76. The minimum absolute atomic E-state index is 0.0289. The lowest BCUT2D eigenvalue weighted by atomic mass is 10.1. The highest BCUT2D eigenvalue weighted by Crippen LogP contribution is 2.19. The molecule has 0 aliphatic carbocycles. The van der Waals surface area contributed by atoms with Crippen LogP contribution in [0.5, 0.6) is 0 Å². The number of amides is 1. The number of carbonyl (C=O) groups is 1. The first kappa shape index (κ1) is 20.6. The first-order chi connectivity index (χ1) is 15.6. The van der Waals surface area contributed by atoms with E-state index >= 15 is 0 Å². The van der Waals surface area contributed by atoms with Crippen LogP contribution < -0.4 is 10.5 Å². The SMILES string of the molecule is CCc1cc2ncc(CN3CCN(c4ccc(C(=O)N5CCC5)nc4)CC3)cc2[nH]c1=O. The standard InChI is InChI=1S/C24H28N6O2/c1-2-18-13-21-22(27-23(18)31)12-17(14-25-21)16-28-8-10-29(11-9-28)19-4-5-20(26-15-19)24(32)30-6-3-7-30/h4-5,12-15H,2-3,6-11,16H2,1H3,(H,27,31). The minimum Gasteiger partial charge on any atom is -0.368 e. The lowest BCUT2D eigenvalue weighted by Crippen LogP contribution is -2.46. The van der Waals surface area contributed by atoms with Crippen molar-refractivity contribution in [1.82, 2.24) is 24.8 Å². The second-order valence-corrected chi connectivity index (χ2v) is 8.56. The third-order valence-electron chi connectivity index (χ3n) is 6.46. The van der Waals surface area contributed by atoms with Gasteiger partial charge in [0, 0.05) is 57.6 Å². The van der Waals surface area contributed by atoms with Gasteiger partial charge in [0.15, 0.2) is 0 Å². The Morgan fingerprint density at radius 2 is 1.84 bits per heavy atom. The van der Waals surface area contributed by atoms with Crippen LogP contribution in [0.2, 0.25) is 0 Å². The zero-order valence-electron chi connectivity index (χ0n) is 18.4. The normalized spacial score (nSPS) is 16.9. The van der Waals surface area contributed by atoms with E-state index in [1.807, 2.05) is 48.5 Å². The molecule has 0 bridgehead atoms. The number of pyridine rings is 3. The summed E-state index contributed by atoms with van der Waals surface area (Å²) in [6.07, 6.45) is 5.51. The van der Waals surface area contributed by atoms with Gasteiger partial charge in [-0.3, -0.25) is 19.5 Å². The van der Waals surface area contributed by atoms with Crippen molar-refractivity contribution in [3.8, 4) is 0 Å². The number of piperazine rings is 1. The number of H-pyrrole nitrogens is 1. The van der Waals surface area contributed by atoms with E-state index < -0.39 is 0 Å². The Hall–Kier alpha value is -3.26. The lowest BCUT2D eigenvalue weighted by Gasteiger charge is -2.36. The molecule has 5 heterocycles. The van der Waals surface area contributed by atoms with Gasteiger partial charge in [-0.05, 0) is 42.7 Å². The molecule has 166 valence electrons. The van der Waals surface area contributed by atoms with Crippen molar-refractivity contribution in [2.75, 3.05) is 44.2 Å². The van der Waals surface area contributed by atoms with Gasteiger partial charge in [-0.25, -0.2) is 4.98 Å². The molecule has 0 saturated carbocycles. The van der Waals surface area contributed by atoms with Gasteiger partial charge in [0.25, 0.3) is 11.5 Å². The van der Waals surface area contributed by atoms with Crippen LogP contribution in [0.3, 0.4) is 0 Å². The molecule has 8 nitrogen and oxygen atoms in total. The quantitative estimate of drug-likeness (QED) is 0.664. The molecule has 2 aliphatic rings. The van der Waals surface area contributed by atoms with Crippen molar-refractivity contribution >= 4 is 22.6 Å². The number of carbonyl (C=O) groups excluding carboxylic acids is 1. The maximum absolute atomic E-state index is 12.3. The molecule has 3 aromatic rings. The first-order valence-electron chi connectivity index (χ1n) is 11.3. The van der Waals surface area contributed by atoms with Gasteiger partial charge in [0.2, 0.25) is 0 Å². The van der Waals surface area contributed by atoms with Crippen molar-refractivity contribution in [3.05, 3.63) is 63.8 Å². The van der Waals surface area contributed by atoms with Crippen LogP contribution in [0.25, 0.3) is 11.0 Å². The smallest absolute Gasteiger partial charge is 0.272 e. The highest BCUT2D eigenvalue weighted by atomic mass is 16.2. The Labute approximate surface area is 186 Å². The predicted octanol–water partition coefficient (Wildman–Crippen LogP) is 2.05. The van der Waals surface area contributed by atoms with Crippen molar-refractivity contribution in [2.24, 2.45) is 0 Å². The van der Waals surface area contributed by atoms with Crippen LogP contribution in [0.1, 0.15) is 35.0 Å². The van der Waals surface area contributed by atoms with Gasteiger partial charge < -0.3 is 14.8 Å². The van der Waals surface area contributed by atoms with Crippen molar-refractivity contribution < 1.29 is 4.79 Å². The van der Waals surface area contributed by atoms with Crippen LogP contribution in [0.4, 0.5) is 5.69 Å². The molecule has 0 aromatic carbocycles. The number of rotatable bonds is 5. The van der Waals surface area contributed by atoms with E-state index in [0.717, 1.165) is 80.1 Å². The summed E-state index contributed by atoms with van der Waals surface area (Å²) >= 11 is 0. The van der Waals surface area contributed by atoms with E-state index in [1.54, 1.807) is 0 Å². The lowest BCUT2D eigenvalue weighted by molar-refractivity contribution is 0.0645. The molecule has 32 heavy (non-hydrogen) atoms. The van der Waals surface area contributed by atoms with E-state index in [1.165, 1.54) is 0 Å². The highest BCUT2D eigenvalue weighted by Gasteiger charge is 2.23. The summed E-state index contributed by atoms with van der Waals surface area (Å²) in [5.74, 6) is 0.0314. The molecule has 0 radical (unpaired) electrons. The predicted molar refractivity (Wildman–Crippen MR) is 124 cm³/mol. The zero-order chi connectivity index (χ0) is 22.1. The summed E-state index contributed by atoms with van der Waals surface area (Å²) in [5, 5.41) is 0.